The van der Waals surface area contributed by atoms with Gasteiger partial charge in [0.2, 0.25) is 0 Å². The minimum atomic E-state index is -1.24. The van der Waals surface area contributed by atoms with Crippen molar-refractivity contribution in [3.63, 3.8) is 0 Å². The first kappa shape index (κ1) is 16.9. The van der Waals surface area contributed by atoms with E-state index in [-0.39, 0.29) is 31.8 Å². The van der Waals surface area contributed by atoms with E-state index in [1.54, 1.807) is 24.3 Å². The number of hydrogen-bond donors (Lipinski definition) is 0. The van der Waals surface area contributed by atoms with Crippen LogP contribution in [0.4, 0.5) is 0 Å². The third-order valence-corrected chi connectivity index (χ3v) is 1.75. The van der Waals surface area contributed by atoms with E-state index >= 15 is 0 Å². The van der Waals surface area contributed by atoms with Crippen LogP contribution in [0.2, 0.25) is 0 Å². The number of nitrogens with zero attached hydrogens (tertiary/aromatic N) is 2. The molecule has 2 heterocycles. The summed E-state index contributed by atoms with van der Waals surface area (Å²) in [5.74, 6) is -2.48. The summed E-state index contributed by atoms with van der Waals surface area (Å²) in [6, 6.07) is 9.25. The van der Waals surface area contributed by atoms with Crippen molar-refractivity contribution in [1.29, 1.82) is 0 Å². The van der Waals surface area contributed by atoms with Gasteiger partial charge in [-0.25, -0.2) is 0 Å². The zero-order valence-corrected chi connectivity index (χ0v) is 11.0. The van der Waals surface area contributed by atoms with Crippen molar-refractivity contribution in [1.82, 2.24) is 9.97 Å². The van der Waals surface area contributed by atoms with Gasteiger partial charge in [-0.05, 0) is 24.3 Å². The molecule has 0 aliphatic rings. The topological polar surface area (TPSA) is 106 Å². The molecule has 0 bridgehead atoms. The quantitative estimate of drug-likeness (QED) is 0.636. The van der Waals surface area contributed by atoms with E-state index in [2.05, 4.69) is 9.97 Å². The van der Waals surface area contributed by atoms with Gasteiger partial charge in [0.1, 0.15) is 0 Å². The van der Waals surface area contributed by atoms with E-state index in [4.69, 9.17) is 0 Å². The molecule has 0 aromatic carbocycles. The Morgan fingerprint density at radius 3 is 1.32 bits per heavy atom. The van der Waals surface area contributed by atoms with Crippen LogP contribution in [0.5, 0.6) is 0 Å². The van der Waals surface area contributed by atoms with E-state index in [0.29, 0.717) is 0 Å². The minimum Gasteiger partial charge on any atom is -0.543 e. The third kappa shape index (κ3) is 6.41. The summed E-state index contributed by atoms with van der Waals surface area (Å²) in [5.41, 5.74) is -0.0602. The van der Waals surface area contributed by atoms with Crippen LogP contribution in [0.1, 0.15) is 21.0 Å². The van der Waals surface area contributed by atoms with Crippen molar-refractivity contribution < 1.29 is 40.2 Å². The van der Waals surface area contributed by atoms with Crippen molar-refractivity contribution in [3.8, 4) is 0 Å². The van der Waals surface area contributed by atoms with Crippen molar-refractivity contribution in [2.24, 2.45) is 0 Å². The van der Waals surface area contributed by atoms with Crippen LogP contribution in [0.25, 0.3) is 0 Å². The van der Waals surface area contributed by atoms with Crippen LogP contribution in [0.15, 0.2) is 48.8 Å². The Hall–Kier alpha value is -2.10. The Labute approximate surface area is 122 Å². The average molecular weight is 351 g/mol. The summed E-state index contributed by atoms with van der Waals surface area (Å²) in [7, 11) is 0. The molecule has 0 fully saturated rings. The largest absolute Gasteiger partial charge is 2.00 e. The van der Waals surface area contributed by atoms with Gasteiger partial charge in [0.25, 0.3) is 0 Å². The standard InChI is InChI=1S/2C6H5NO2.Pd/c2*8-6(9)5-3-1-2-4-7-5;/h2*1-4H,(H,8,9);/q;;+2/p-2. The van der Waals surface area contributed by atoms with Crippen LogP contribution in [0, 0.1) is 0 Å². The fraction of sp³-hybridized carbons (Fsp3) is 0. The number of pyridine rings is 2. The van der Waals surface area contributed by atoms with E-state index in [9.17, 15) is 19.8 Å². The second-order valence-electron chi connectivity index (χ2n) is 3.00. The zero-order chi connectivity index (χ0) is 13.4. The monoisotopic (exact) mass is 350 g/mol. The molecule has 7 heteroatoms. The molecular formula is C12H8N2O4Pd. The fourth-order valence-corrected chi connectivity index (χ4v) is 0.967. The first-order valence-electron chi connectivity index (χ1n) is 4.86. The van der Waals surface area contributed by atoms with Crippen LogP contribution < -0.4 is 10.2 Å². The van der Waals surface area contributed by atoms with E-state index < -0.39 is 11.9 Å². The molecule has 2 rings (SSSR count). The van der Waals surface area contributed by atoms with Gasteiger partial charge in [0.05, 0.1) is 23.3 Å². The molecule has 0 aliphatic heterocycles. The normalized spacial score (nSPS) is 8.42. The summed E-state index contributed by atoms with van der Waals surface area (Å²) in [6.07, 6.45) is 2.82. The van der Waals surface area contributed by atoms with Gasteiger partial charge >= 0.3 is 20.4 Å². The molecule has 0 spiro atoms. The maximum Gasteiger partial charge on any atom is 2.00 e. The Balaban J connectivity index is 0.000000324. The first-order valence-corrected chi connectivity index (χ1v) is 4.86. The number of carbonyl (C=O) groups is 2. The Bertz CT molecular complexity index is 470. The van der Waals surface area contributed by atoms with Gasteiger partial charge in [-0.3, -0.25) is 9.97 Å². The molecule has 0 radical (unpaired) electrons. The van der Waals surface area contributed by atoms with Crippen LogP contribution in [-0.2, 0) is 20.4 Å². The van der Waals surface area contributed by atoms with Crippen LogP contribution in [-0.4, -0.2) is 21.9 Å². The summed E-state index contributed by atoms with van der Waals surface area (Å²) >= 11 is 0. The Kier molecular flexibility index (Phi) is 7.93. The second kappa shape index (κ2) is 8.92. The van der Waals surface area contributed by atoms with Gasteiger partial charge in [-0.2, -0.15) is 0 Å². The molecule has 0 atom stereocenters. The Morgan fingerprint density at radius 2 is 1.16 bits per heavy atom. The maximum absolute atomic E-state index is 10.0. The van der Waals surface area contributed by atoms with Gasteiger partial charge in [0.15, 0.2) is 0 Å². The van der Waals surface area contributed by atoms with E-state index in [0.717, 1.165) is 0 Å². The minimum absolute atomic E-state index is 0. The van der Waals surface area contributed by atoms with E-state index in [1.165, 1.54) is 24.5 Å². The third-order valence-electron chi connectivity index (χ3n) is 1.75. The number of aromatic nitrogens is 2. The number of aromatic carboxylic acids is 2. The maximum atomic E-state index is 10.0. The summed E-state index contributed by atoms with van der Waals surface area (Å²) in [4.78, 5) is 27.1. The average Bonchev–Trinajstić information content (AvgIpc) is 2.41. The molecule has 100 valence electrons. The summed E-state index contributed by atoms with van der Waals surface area (Å²) in [5, 5.41) is 20.1. The number of rotatable bonds is 2. The van der Waals surface area contributed by atoms with Gasteiger partial charge in [-0.1, -0.05) is 12.1 Å². The van der Waals surface area contributed by atoms with Crippen molar-refractivity contribution in [3.05, 3.63) is 60.2 Å². The molecule has 2 aromatic heterocycles. The Morgan fingerprint density at radius 1 is 0.789 bits per heavy atom. The second-order valence-corrected chi connectivity index (χ2v) is 3.00. The molecule has 0 unspecified atom stereocenters. The number of carboxylic acids is 2. The van der Waals surface area contributed by atoms with Gasteiger partial charge in [0, 0.05) is 12.4 Å². The summed E-state index contributed by atoms with van der Waals surface area (Å²) in [6.45, 7) is 0. The first-order chi connectivity index (χ1) is 8.61. The SMILES string of the molecule is O=C([O-])c1ccccn1.O=C([O-])c1ccccn1.[Pd+2]. The zero-order valence-electron chi connectivity index (χ0n) is 9.46. The molecule has 0 saturated heterocycles. The smallest absolute Gasteiger partial charge is 0.543 e. The molecular weight excluding hydrogens is 343 g/mol. The fourth-order valence-electron chi connectivity index (χ4n) is 0.967. The molecule has 0 saturated carbocycles. The molecule has 0 amide bonds. The number of carbonyl (C=O) groups excluding carboxylic acids is 2. The number of carboxylic acid groups (broad SMARTS) is 2. The molecule has 0 N–H and O–H groups in total. The summed E-state index contributed by atoms with van der Waals surface area (Å²) < 4.78 is 0. The molecule has 6 nitrogen and oxygen atoms in total. The molecule has 2 aromatic rings. The van der Waals surface area contributed by atoms with E-state index in [1.807, 2.05) is 0 Å². The van der Waals surface area contributed by atoms with Crippen molar-refractivity contribution in [2.45, 2.75) is 0 Å². The van der Waals surface area contributed by atoms with Crippen molar-refractivity contribution >= 4 is 11.9 Å². The molecule has 0 aliphatic carbocycles. The van der Waals surface area contributed by atoms with Gasteiger partial charge in [-0.15, -0.1) is 0 Å². The van der Waals surface area contributed by atoms with Crippen molar-refractivity contribution in [2.75, 3.05) is 0 Å². The predicted octanol–water partition coefficient (Wildman–Crippen LogP) is -1.11. The van der Waals surface area contributed by atoms with Gasteiger partial charge < -0.3 is 19.8 Å². The predicted molar refractivity (Wildman–Crippen MR) is 57.1 cm³/mol. The molecule has 19 heavy (non-hydrogen) atoms. The van der Waals surface area contributed by atoms with Crippen LogP contribution in [0.3, 0.4) is 0 Å². The number of hydrogen-bond acceptors (Lipinski definition) is 6. The van der Waals surface area contributed by atoms with Crippen LogP contribution >= 0.6 is 0 Å².